The molecule has 2 aromatic carbocycles. The van der Waals surface area contributed by atoms with E-state index >= 15 is 0 Å². The van der Waals surface area contributed by atoms with E-state index in [1.165, 1.54) is 50.1 Å². The molecule has 0 unspecified atom stereocenters. The number of pyridine rings is 1. The Morgan fingerprint density at radius 1 is 1.03 bits per heavy atom. The first-order chi connectivity index (χ1) is 18.6. The predicted molar refractivity (Wildman–Crippen MR) is 140 cm³/mol. The summed E-state index contributed by atoms with van der Waals surface area (Å²) in [6, 6.07) is 11.2. The molecule has 2 heterocycles. The predicted octanol–water partition coefficient (Wildman–Crippen LogP) is 4.88. The molecule has 3 aromatic rings. The maximum absolute atomic E-state index is 13.3. The van der Waals surface area contributed by atoms with E-state index in [0.29, 0.717) is 37.5 Å². The molecule has 1 N–H and O–H groups in total. The molecule has 0 atom stereocenters. The first-order valence-corrected chi connectivity index (χ1v) is 14.4. The highest BCUT2D eigenvalue weighted by Crippen LogP contribution is 2.34. The lowest BCUT2D eigenvalue weighted by atomic mass is 10.1. The summed E-state index contributed by atoms with van der Waals surface area (Å²) >= 11 is 0. The smallest absolute Gasteiger partial charge is 0.404 e. The van der Waals surface area contributed by atoms with Crippen LogP contribution in [0.1, 0.15) is 36.0 Å². The molecule has 1 saturated heterocycles. The first-order valence-electron chi connectivity index (χ1n) is 12.9. The lowest BCUT2D eigenvalue weighted by molar-refractivity contribution is -0.274. The van der Waals surface area contributed by atoms with Crippen molar-refractivity contribution >= 4 is 32.5 Å². The topological polar surface area (TPSA) is 91.8 Å². The number of sulfonamides is 1. The van der Waals surface area contributed by atoms with Crippen molar-refractivity contribution in [2.75, 3.05) is 37.4 Å². The lowest BCUT2D eigenvalue weighted by Gasteiger charge is -2.36. The Morgan fingerprint density at radius 3 is 2.46 bits per heavy atom. The molecular formula is C27H29F3N4O4S. The van der Waals surface area contributed by atoms with Gasteiger partial charge in [0.15, 0.2) is 5.75 Å². The van der Waals surface area contributed by atoms with Gasteiger partial charge in [0.05, 0.1) is 11.2 Å². The van der Waals surface area contributed by atoms with Crippen LogP contribution in [0, 0.1) is 5.92 Å². The molecule has 5 rings (SSSR count). The number of anilines is 1. The van der Waals surface area contributed by atoms with Crippen molar-refractivity contribution in [3.05, 3.63) is 60.3 Å². The van der Waals surface area contributed by atoms with Gasteiger partial charge >= 0.3 is 6.36 Å². The number of ether oxygens (including phenoxy) is 1. The molecule has 1 aliphatic heterocycles. The second kappa shape index (κ2) is 11.0. The van der Waals surface area contributed by atoms with Crippen molar-refractivity contribution in [3.8, 4) is 5.75 Å². The van der Waals surface area contributed by atoms with Crippen LogP contribution >= 0.6 is 0 Å². The number of alkyl halides is 3. The number of para-hydroxylation sites is 1. The van der Waals surface area contributed by atoms with Gasteiger partial charge in [-0.2, -0.15) is 0 Å². The number of carbonyl (C=O) groups excluding carboxylic acids is 1. The first kappa shape index (κ1) is 27.2. The summed E-state index contributed by atoms with van der Waals surface area (Å²) in [6.45, 7) is 3.33. The van der Waals surface area contributed by atoms with Crippen LogP contribution in [0.5, 0.6) is 5.75 Å². The highest BCUT2D eigenvalue weighted by Gasteiger charge is 2.34. The minimum absolute atomic E-state index is 0.0201. The molecule has 8 nitrogen and oxygen atoms in total. The van der Waals surface area contributed by atoms with E-state index in [2.05, 4.69) is 19.3 Å². The summed E-state index contributed by atoms with van der Waals surface area (Å²) in [4.78, 5) is 21.0. The number of piperazine rings is 1. The molecule has 0 bridgehead atoms. The van der Waals surface area contributed by atoms with Crippen LogP contribution in [-0.2, 0) is 10.0 Å². The minimum atomic E-state index is -5.10. The summed E-state index contributed by atoms with van der Waals surface area (Å²) in [7, 11) is -4.35. The molecular weight excluding hydrogens is 533 g/mol. The average Bonchev–Trinajstić information content (AvgIpc) is 3.41. The highest BCUT2D eigenvalue weighted by molar-refractivity contribution is 7.93. The Bertz CT molecular complexity index is 1450. The molecule has 1 aromatic heterocycles. The Hall–Kier alpha value is -3.38. The van der Waals surface area contributed by atoms with Gasteiger partial charge in [-0.05, 0) is 49.1 Å². The number of aromatic nitrogens is 1. The number of amides is 1. The van der Waals surface area contributed by atoms with Gasteiger partial charge in [0.1, 0.15) is 4.90 Å². The minimum Gasteiger partial charge on any atom is -0.404 e. The van der Waals surface area contributed by atoms with Gasteiger partial charge in [-0.25, -0.2) is 8.42 Å². The SMILES string of the molecule is O=C(c1ccc(NS(=O)(=O)c2cccc3cccnc23)c(OC(F)(F)F)c1)N1CCN(CC2CCCC2)CC1. The zero-order valence-corrected chi connectivity index (χ0v) is 22.0. The molecule has 1 saturated carbocycles. The van der Waals surface area contributed by atoms with E-state index in [0.717, 1.165) is 18.7 Å². The Morgan fingerprint density at radius 2 is 1.74 bits per heavy atom. The monoisotopic (exact) mass is 562 g/mol. The van der Waals surface area contributed by atoms with E-state index in [4.69, 9.17) is 0 Å². The molecule has 208 valence electrons. The number of carbonyl (C=O) groups is 1. The Balaban J connectivity index is 1.35. The van der Waals surface area contributed by atoms with Crippen molar-refractivity contribution in [1.82, 2.24) is 14.8 Å². The number of nitrogens with zero attached hydrogens (tertiary/aromatic N) is 3. The largest absolute Gasteiger partial charge is 0.573 e. The van der Waals surface area contributed by atoms with Crippen LogP contribution < -0.4 is 9.46 Å². The van der Waals surface area contributed by atoms with Crippen molar-refractivity contribution in [1.29, 1.82) is 0 Å². The van der Waals surface area contributed by atoms with Gasteiger partial charge in [0.2, 0.25) is 0 Å². The number of hydrogen-bond acceptors (Lipinski definition) is 6. The number of rotatable bonds is 7. The maximum atomic E-state index is 13.3. The maximum Gasteiger partial charge on any atom is 0.573 e. The second-order valence-corrected chi connectivity index (χ2v) is 11.6. The second-order valence-electron chi connectivity index (χ2n) is 9.94. The van der Waals surface area contributed by atoms with E-state index in [-0.39, 0.29) is 16.0 Å². The van der Waals surface area contributed by atoms with Crippen LogP contribution in [0.15, 0.2) is 59.6 Å². The molecule has 0 spiro atoms. The number of benzene rings is 2. The normalized spacial score (nSPS) is 17.5. The van der Waals surface area contributed by atoms with Crippen molar-refractivity contribution in [2.24, 2.45) is 5.92 Å². The molecule has 2 fully saturated rings. The molecule has 1 aliphatic carbocycles. The average molecular weight is 563 g/mol. The van der Waals surface area contributed by atoms with Crippen molar-refractivity contribution in [3.63, 3.8) is 0 Å². The van der Waals surface area contributed by atoms with Gasteiger partial charge in [-0.15, -0.1) is 13.2 Å². The van der Waals surface area contributed by atoms with E-state index in [1.54, 1.807) is 23.1 Å². The van der Waals surface area contributed by atoms with Gasteiger partial charge < -0.3 is 9.64 Å². The van der Waals surface area contributed by atoms with Crippen LogP contribution in [0.2, 0.25) is 0 Å². The van der Waals surface area contributed by atoms with Gasteiger partial charge in [-0.1, -0.05) is 31.0 Å². The Kier molecular flexibility index (Phi) is 7.68. The fourth-order valence-electron chi connectivity index (χ4n) is 5.32. The number of hydrogen-bond donors (Lipinski definition) is 1. The number of halogens is 3. The van der Waals surface area contributed by atoms with Gasteiger partial charge in [-0.3, -0.25) is 19.4 Å². The molecule has 12 heteroatoms. The molecule has 0 radical (unpaired) electrons. The van der Waals surface area contributed by atoms with Crippen LogP contribution in [0.3, 0.4) is 0 Å². The summed E-state index contributed by atoms with van der Waals surface area (Å²) in [5.74, 6) is -0.560. The van der Waals surface area contributed by atoms with Crippen LogP contribution in [0.25, 0.3) is 10.9 Å². The third-order valence-corrected chi connectivity index (χ3v) is 8.63. The van der Waals surface area contributed by atoms with E-state index in [1.807, 2.05) is 0 Å². The van der Waals surface area contributed by atoms with Crippen molar-refractivity contribution in [2.45, 2.75) is 36.9 Å². The van der Waals surface area contributed by atoms with Gasteiger partial charge in [0, 0.05) is 49.9 Å². The molecule has 2 aliphatic rings. The van der Waals surface area contributed by atoms with Gasteiger partial charge in [0.25, 0.3) is 15.9 Å². The number of nitrogens with one attached hydrogen (secondary N) is 1. The molecule has 39 heavy (non-hydrogen) atoms. The van der Waals surface area contributed by atoms with E-state index < -0.39 is 33.7 Å². The zero-order chi connectivity index (χ0) is 27.6. The third-order valence-electron chi connectivity index (χ3n) is 7.23. The van der Waals surface area contributed by atoms with Crippen LogP contribution in [-0.4, -0.2) is 68.2 Å². The fourth-order valence-corrected chi connectivity index (χ4v) is 6.57. The molecule has 1 amide bonds. The number of fused-ring (bicyclic) bond motifs is 1. The fraction of sp³-hybridized carbons (Fsp3) is 0.407. The summed E-state index contributed by atoms with van der Waals surface area (Å²) < 4.78 is 72.5. The quantitative estimate of drug-likeness (QED) is 0.441. The van der Waals surface area contributed by atoms with E-state index in [9.17, 15) is 26.4 Å². The summed E-state index contributed by atoms with van der Waals surface area (Å²) in [5.41, 5.74) is -0.295. The highest BCUT2D eigenvalue weighted by atomic mass is 32.2. The summed E-state index contributed by atoms with van der Waals surface area (Å²) in [6.07, 6.45) is 1.30. The Labute approximate surface area is 224 Å². The standard InChI is InChI=1S/C27H29F3N4O4S/c28-27(29,30)38-23-17-21(26(35)34-15-13-33(14-16-34)18-19-5-1-2-6-19)10-11-22(23)32-39(36,37)24-9-3-7-20-8-4-12-31-25(20)24/h3-4,7-12,17,19,32H,1-2,5-6,13-16,18H2. The third kappa shape index (κ3) is 6.44. The van der Waals surface area contributed by atoms with Crippen LogP contribution in [0.4, 0.5) is 18.9 Å². The summed E-state index contributed by atoms with van der Waals surface area (Å²) in [5, 5.41) is 0.552. The lowest BCUT2D eigenvalue weighted by Crippen LogP contribution is -2.49. The van der Waals surface area contributed by atoms with Crippen molar-refractivity contribution < 1.29 is 31.1 Å². The zero-order valence-electron chi connectivity index (χ0n) is 21.2.